The lowest BCUT2D eigenvalue weighted by Crippen LogP contribution is -2.45. The quantitative estimate of drug-likeness (QED) is 0.872. The van der Waals surface area contributed by atoms with Crippen LogP contribution in [0.4, 0.5) is 0 Å². The first kappa shape index (κ1) is 16.5. The Balaban J connectivity index is 1.93. The summed E-state index contributed by atoms with van der Waals surface area (Å²) >= 11 is 0. The summed E-state index contributed by atoms with van der Waals surface area (Å²) in [5.41, 5.74) is 2.24. The van der Waals surface area contributed by atoms with Crippen molar-refractivity contribution in [3.63, 3.8) is 0 Å². The molecule has 1 saturated heterocycles. The van der Waals surface area contributed by atoms with Crippen LogP contribution in [-0.4, -0.2) is 35.7 Å². The first-order valence-electron chi connectivity index (χ1n) is 8.44. The molecule has 120 valence electrons. The third-order valence-corrected chi connectivity index (χ3v) is 4.82. The Labute approximate surface area is 129 Å². The fourth-order valence-electron chi connectivity index (χ4n) is 3.74. The molecule has 3 unspecified atom stereocenters. The van der Waals surface area contributed by atoms with Crippen LogP contribution in [0.2, 0.25) is 0 Å². The number of rotatable bonds is 6. The number of nitrogens with one attached hydrogen (secondary N) is 1. The third-order valence-electron chi connectivity index (χ3n) is 4.82. The van der Waals surface area contributed by atoms with Crippen LogP contribution in [-0.2, 0) is 0 Å². The molecule has 0 amide bonds. The summed E-state index contributed by atoms with van der Waals surface area (Å²) in [7, 11) is 0. The number of likely N-dealkylation sites (tertiary alicyclic amines) is 1. The Hall–Kier alpha value is -0.870. The molecule has 0 aliphatic carbocycles. The van der Waals surface area contributed by atoms with Crippen LogP contribution in [0, 0.1) is 19.8 Å². The zero-order valence-corrected chi connectivity index (χ0v) is 14.3. The van der Waals surface area contributed by atoms with Gasteiger partial charge in [0.05, 0.1) is 5.69 Å². The molecule has 2 rings (SSSR count). The van der Waals surface area contributed by atoms with Crippen molar-refractivity contribution in [2.45, 2.75) is 66.0 Å². The minimum atomic E-state index is 0.299. The maximum Gasteiger partial charge on any atom is 0.138 e. The van der Waals surface area contributed by atoms with Crippen molar-refractivity contribution < 1.29 is 4.52 Å². The van der Waals surface area contributed by atoms with Crippen molar-refractivity contribution >= 4 is 0 Å². The van der Waals surface area contributed by atoms with Gasteiger partial charge in [0.2, 0.25) is 0 Å². The lowest BCUT2D eigenvalue weighted by molar-refractivity contribution is 0.147. The van der Waals surface area contributed by atoms with Gasteiger partial charge in [-0.3, -0.25) is 0 Å². The molecule has 4 nitrogen and oxygen atoms in total. The Bertz CT molecular complexity index is 422. The Morgan fingerprint density at radius 3 is 2.76 bits per heavy atom. The SMILES string of the molecule is CCCN1CCCC(C(C)NC(C)c2c(C)noc2C)C1. The molecule has 0 spiro atoms. The van der Waals surface area contributed by atoms with Crippen LogP contribution >= 0.6 is 0 Å². The molecular formula is C17H31N3O. The van der Waals surface area contributed by atoms with Crippen molar-refractivity contribution in [1.29, 1.82) is 0 Å². The van der Waals surface area contributed by atoms with E-state index < -0.39 is 0 Å². The average Bonchev–Trinajstić information content (AvgIpc) is 2.79. The Morgan fingerprint density at radius 1 is 1.38 bits per heavy atom. The molecule has 1 aliphatic heterocycles. The topological polar surface area (TPSA) is 41.3 Å². The van der Waals surface area contributed by atoms with Gasteiger partial charge in [0.1, 0.15) is 5.76 Å². The lowest BCUT2D eigenvalue weighted by atomic mass is 9.90. The molecule has 4 heteroatoms. The van der Waals surface area contributed by atoms with E-state index in [0.29, 0.717) is 12.1 Å². The predicted octanol–water partition coefficient (Wildman–Crippen LogP) is 3.45. The Morgan fingerprint density at radius 2 is 2.14 bits per heavy atom. The highest BCUT2D eigenvalue weighted by Gasteiger charge is 2.26. The first-order chi connectivity index (χ1) is 10.0. The standard InChI is InChI=1S/C17H31N3O/c1-6-9-20-10-7-8-16(11-20)12(2)18-13(3)17-14(4)19-21-15(17)5/h12-13,16,18H,6-11H2,1-5H3. The fraction of sp³-hybridized carbons (Fsp3) is 0.824. The van der Waals surface area contributed by atoms with E-state index in [1.807, 2.05) is 13.8 Å². The Kier molecular flexibility index (Phi) is 5.82. The van der Waals surface area contributed by atoms with Gasteiger partial charge in [0.15, 0.2) is 0 Å². The smallest absolute Gasteiger partial charge is 0.138 e. The monoisotopic (exact) mass is 293 g/mol. The van der Waals surface area contributed by atoms with Gasteiger partial charge in [0.25, 0.3) is 0 Å². The third kappa shape index (κ3) is 4.07. The molecule has 1 aliphatic rings. The highest BCUT2D eigenvalue weighted by Crippen LogP contribution is 2.25. The zero-order chi connectivity index (χ0) is 15.4. The molecule has 0 bridgehead atoms. The number of aryl methyl sites for hydroxylation is 2. The van der Waals surface area contributed by atoms with E-state index in [9.17, 15) is 0 Å². The van der Waals surface area contributed by atoms with Gasteiger partial charge < -0.3 is 14.7 Å². The summed E-state index contributed by atoms with van der Waals surface area (Å²) in [5.74, 6) is 1.68. The molecule has 0 saturated carbocycles. The van der Waals surface area contributed by atoms with Gasteiger partial charge >= 0.3 is 0 Å². The fourth-order valence-corrected chi connectivity index (χ4v) is 3.74. The van der Waals surface area contributed by atoms with Gasteiger partial charge in [-0.25, -0.2) is 0 Å². The minimum Gasteiger partial charge on any atom is -0.361 e. The highest BCUT2D eigenvalue weighted by atomic mass is 16.5. The number of hydrogen-bond donors (Lipinski definition) is 1. The molecule has 1 aromatic rings. The lowest BCUT2D eigenvalue weighted by Gasteiger charge is -2.37. The van der Waals surface area contributed by atoms with Crippen LogP contribution in [0.5, 0.6) is 0 Å². The van der Waals surface area contributed by atoms with Crippen LogP contribution in [0.3, 0.4) is 0 Å². The van der Waals surface area contributed by atoms with E-state index in [-0.39, 0.29) is 0 Å². The van der Waals surface area contributed by atoms with Crippen molar-refractivity contribution in [2.24, 2.45) is 5.92 Å². The van der Waals surface area contributed by atoms with Crippen molar-refractivity contribution in [1.82, 2.24) is 15.4 Å². The average molecular weight is 293 g/mol. The molecule has 0 aromatic carbocycles. The largest absolute Gasteiger partial charge is 0.361 e. The van der Waals surface area contributed by atoms with Gasteiger partial charge in [-0.2, -0.15) is 0 Å². The van der Waals surface area contributed by atoms with Gasteiger partial charge in [-0.05, 0) is 66.0 Å². The second-order valence-electron chi connectivity index (χ2n) is 6.62. The van der Waals surface area contributed by atoms with E-state index >= 15 is 0 Å². The van der Waals surface area contributed by atoms with E-state index in [4.69, 9.17) is 4.52 Å². The molecule has 0 radical (unpaired) electrons. The second-order valence-corrected chi connectivity index (χ2v) is 6.62. The van der Waals surface area contributed by atoms with E-state index in [0.717, 1.165) is 17.4 Å². The van der Waals surface area contributed by atoms with Crippen LogP contribution < -0.4 is 5.32 Å². The van der Waals surface area contributed by atoms with E-state index in [2.05, 4.69) is 36.1 Å². The summed E-state index contributed by atoms with van der Waals surface area (Å²) in [6, 6.07) is 0.821. The predicted molar refractivity (Wildman–Crippen MR) is 86.4 cm³/mol. The van der Waals surface area contributed by atoms with Gasteiger partial charge in [-0.15, -0.1) is 0 Å². The molecular weight excluding hydrogens is 262 g/mol. The summed E-state index contributed by atoms with van der Waals surface area (Å²) in [5, 5.41) is 7.84. The summed E-state index contributed by atoms with van der Waals surface area (Å²) in [6.07, 6.45) is 3.92. The maximum atomic E-state index is 5.29. The van der Waals surface area contributed by atoms with Crippen molar-refractivity contribution in [2.75, 3.05) is 19.6 Å². The van der Waals surface area contributed by atoms with E-state index in [1.165, 1.54) is 44.5 Å². The minimum absolute atomic E-state index is 0.299. The van der Waals surface area contributed by atoms with Gasteiger partial charge in [0, 0.05) is 24.2 Å². The highest BCUT2D eigenvalue weighted by molar-refractivity contribution is 5.24. The maximum absolute atomic E-state index is 5.29. The summed E-state index contributed by atoms with van der Waals surface area (Å²) in [6.45, 7) is 14.6. The van der Waals surface area contributed by atoms with Gasteiger partial charge in [-0.1, -0.05) is 12.1 Å². The zero-order valence-electron chi connectivity index (χ0n) is 14.3. The van der Waals surface area contributed by atoms with Crippen LogP contribution in [0.15, 0.2) is 4.52 Å². The number of nitrogens with zero attached hydrogens (tertiary/aromatic N) is 2. The normalized spacial score (nSPS) is 23.2. The molecule has 1 fully saturated rings. The molecule has 2 heterocycles. The number of aromatic nitrogens is 1. The first-order valence-corrected chi connectivity index (χ1v) is 8.44. The second kappa shape index (κ2) is 7.41. The van der Waals surface area contributed by atoms with Crippen LogP contribution in [0.25, 0.3) is 0 Å². The summed E-state index contributed by atoms with van der Waals surface area (Å²) < 4.78 is 5.29. The van der Waals surface area contributed by atoms with Crippen molar-refractivity contribution in [3.8, 4) is 0 Å². The number of hydrogen-bond acceptors (Lipinski definition) is 4. The number of piperidine rings is 1. The molecule has 1 aromatic heterocycles. The summed E-state index contributed by atoms with van der Waals surface area (Å²) in [4.78, 5) is 2.62. The molecule has 21 heavy (non-hydrogen) atoms. The molecule has 1 N–H and O–H groups in total. The molecule has 3 atom stereocenters. The van der Waals surface area contributed by atoms with Crippen molar-refractivity contribution in [3.05, 3.63) is 17.0 Å². The van der Waals surface area contributed by atoms with E-state index in [1.54, 1.807) is 0 Å². The van der Waals surface area contributed by atoms with Crippen LogP contribution in [0.1, 0.15) is 63.1 Å².